The monoisotopic (exact) mass is 296 g/mol. The number of likely N-dealkylation sites (N-methyl/N-ethyl adjacent to an activating group) is 1. The molecule has 3 nitrogen and oxygen atoms in total. The zero-order valence-electron chi connectivity index (χ0n) is 13.2. The Morgan fingerprint density at radius 1 is 1.14 bits per heavy atom. The molecule has 1 fully saturated rings. The minimum absolute atomic E-state index is 0.102. The molecule has 1 aliphatic rings. The van der Waals surface area contributed by atoms with Crippen molar-refractivity contribution in [3.63, 3.8) is 0 Å². The van der Waals surface area contributed by atoms with Gasteiger partial charge in [-0.15, -0.1) is 0 Å². The first-order chi connectivity index (χ1) is 10.6. The number of hydrogen-bond donors (Lipinski definition) is 1. The molecule has 116 valence electrons. The smallest absolute Gasteiger partial charge is 0.242 e. The van der Waals surface area contributed by atoms with Gasteiger partial charge >= 0.3 is 0 Å². The second-order valence-corrected chi connectivity index (χ2v) is 6.48. The molecule has 22 heavy (non-hydrogen) atoms. The largest absolute Gasteiger partial charge is 0.344 e. The molecule has 3 rings (SSSR count). The summed E-state index contributed by atoms with van der Waals surface area (Å²) in [6.07, 6.45) is 4.65. The third-order valence-corrected chi connectivity index (χ3v) is 4.86. The molecular weight excluding hydrogens is 272 g/mol. The molecule has 3 heteroatoms. The van der Waals surface area contributed by atoms with E-state index < -0.39 is 5.54 Å². The van der Waals surface area contributed by atoms with Crippen molar-refractivity contribution in [2.24, 2.45) is 5.73 Å². The molecule has 0 aliphatic heterocycles. The Kier molecular flexibility index (Phi) is 4.16. The van der Waals surface area contributed by atoms with Crippen molar-refractivity contribution in [2.75, 3.05) is 13.6 Å². The summed E-state index contributed by atoms with van der Waals surface area (Å²) in [7, 11) is 1.88. The lowest BCUT2D eigenvalue weighted by Gasteiger charge is -2.28. The molecule has 2 N–H and O–H groups in total. The van der Waals surface area contributed by atoms with Gasteiger partial charge in [0.15, 0.2) is 0 Å². The number of hydrogen-bond acceptors (Lipinski definition) is 2. The lowest BCUT2D eigenvalue weighted by molar-refractivity contribution is -0.135. The fourth-order valence-corrected chi connectivity index (χ4v) is 3.50. The van der Waals surface area contributed by atoms with Crippen molar-refractivity contribution in [2.45, 2.75) is 37.6 Å². The first kappa shape index (κ1) is 15.0. The molecule has 1 aliphatic carbocycles. The Bertz CT molecular complexity index is 669. The van der Waals surface area contributed by atoms with Gasteiger partial charge in [0.1, 0.15) is 0 Å². The molecule has 0 spiro atoms. The van der Waals surface area contributed by atoms with Gasteiger partial charge in [0.25, 0.3) is 0 Å². The molecule has 0 aromatic heterocycles. The van der Waals surface area contributed by atoms with E-state index >= 15 is 0 Å². The predicted molar refractivity (Wildman–Crippen MR) is 90.7 cm³/mol. The number of benzene rings is 2. The summed E-state index contributed by atoms with van der Waals surface area (Å²) < 4.78 is 0. The van der Waals surface area contributed by atoms with Crippen LogP contribution in [0.25, 0.3) is 10.8 Å². The van der Waals surface area contributed by atoms with Crippen LogP contribution >= 0.6 is 0 Å². The summed E-state index contributed by atoms with van der Waals surface area (Å²) in [5, 5.41) is 2.52. The molecule has 0 unspecified atom stereocenters. The van der Waals surface area contributed by atoms with Crippen LogP contribution < -0.4 is 5.73 Å². The van der Waals surface area contributed by atoms with Crippen LogP contribution in [0.3, 0.4) is 0 Å². The maximum Gasteiger partial charge on any atom is 0.242 e. The Morgan fingerprint density at radius 3 is 2.59 bits per heavy atom. The van der Waals surface area contributed by atoms with Gasteiger partial charge in [-0.25, -0.2) is 0 Å². The molecule has 0 atom stereocenters. The second-order valence-electron chi connectivity index (χ2n) is 6.48. The average molecular weight is 296 g/mol. The topological polar surface area (TPSA) is 46.3 Å². The summed E-state index contributed by atoms with van der Waals surface area (Å²) in [6.45, 7) is 0.714. The Balaban J connectivity index is 1.70. The van der Waals surface area contributed by atoms with Gasteiger partial charge in [-0.3, -0.25) is 4.79 Å². The van der Waals surface area contributed by atoms with Gasteiger partial charge in [0.05, 0.1) is 5.54 Å². The van der Waals surface area contributed by atoms with E-state index in [0.29, 0.717) is 6.54 Å². The van der Waals surface area contributed by atoms with Gasteiger partial charge < -0.3 is 10.6 Å². The van der Waals surface area contributed by atoms with Crippen molar-refractivity contribution in [3.8, 4) is 0 Å². The molecule has 1 amide bonds. The van der Waals surface area contributed by atoms with Crippen LogP contribution in [-0.4, -0.2) is 29.9 Å². The minimum Gasteiger partial charge on any atom is -0.344 e. The molecule has 0 radical (unpaired) electrons. The third kappa shape index (κ3) is 2.86. The van der Waals surface area contributed by atoms with Gasteiger partial charge in [-0.05, 0) is 35.6 Å². The van der Waals surface area contributed by atoms with Crippen LogP contribution in [0.5, 0.6) is 0 Å². The zero-order chi connectivity index (χ0) is 15.6. The molecule has 0 heterocycles. The van der Waals surface area contributed by atoms with E-state index in [-0.39, 0.29) is 5.91 Å². The van der Waals surface area contributed by atoms with Gasteiger partial charge in [0, 0.05) is 13.6 Å². The Morgan fingerprint density at radius 2 is 1.82 bits per heavy atom. The number of fused-ring (bicyclic) bond motifs is 1. The van der Waals surface area contributed by atoms with E-state index in [1.165, 1.54) is 16.3 Å². The highest BCUT2D eigenvalue weighted by molar-refractivity contribution is 5.87. The fourth-order valence-electron chi connectivity index (χ4n) is 3.50. The molecule has 0 bridgehead atoms. The highest BCUT2D eigenvalue weighted by atomic mass is 16.2. The lowest BCUT2D eigenvalue weighted by atomic mass is 9.97. The zero-order valence-corrected chi connectivity index (χ0v) is 13.2. The summed E-state index contributed by atoms with van der Waals surface area (Å²) in [6, 6.07) is 14.7. The number of carbonyl (C=O) groups is 1. The number of amides is 1. The van der Waals surface area contributed by atoms with Crippen molar-refractivity contribution < 1.29 is 4.79 Å². The molecular formula is C19H24N2O. The number of carbonyl (C=O) groups excluding carboxylic acids is 1. The summed E-state index contributed by atoms with van der Waals surface area (Å²) in [5.41, 5.74) is 6.94. The Hall–Kier alpha value is -1.87. The quantitative estimate of drug-likeness (QED) is 0.942. The van der Waals surface area contributed by atoms with Crippen molar-refractivity contribution in [1.82, 2.24) is 4.90 Å². The van der Waals surface area contributed by atoms with Gasteiger partial charge in [0.2, 0.25) is 5.91 Å². The average Bonchev–Trinajstić information content (AvgIpc) is 2.99. The number of rotatable bonds is 4. The van der Waals surface area contributed by atoms with Crippen LogP contribution in [0.2, 0.25) is 0 Å². The molecule has 2 aromatic carbocycles. The SMILES string of the molecule is CN(CCc1cccc2ccccc12)C(=O)C1(N)CCCC1. The van der Waals surface area contributed by atoms with Crippen LogP contribution in [0.15, 0.2) is 42.5 Å². The summed E-state index contributed by atoms with van der Waals surface area (Å²) in [5.74, 6) is 0.102. The maximum absolute atomic E-state index is 12.6. The van der Waals surface area contributed by atoms with E-state index in [4.69, 9.17) is 5.73 Å². The van der Waals surface area contributed by atoms with Crippen LogP contribution in [0.4, 0.5) is 0 Å². The number of nitrogens with two attached hydrogens (primary N) is 1. The van der Waals surface area contributed by atoms with E-state index in [9.17, 15) is 4.79 Å². The van der Waals surface area contributed by atoms with Gasteiger partial charge in [-0.2, -0.15) is 0 Å². The fraction of sp³-hybridized carbons (Fsp3) is 0.421. The number of nitrogens with zero attached hydrogens (tertiary/aromatic N) is 1. The standard InChI is InChI=1S/C19H24N2O/c1-21(18(22)19(20)12-4-5-13-19)14-11-16-9-6-8-15-7-2-3-10-17(15)16/h2-3,6-10H,4-5,11-14,20H2,1H3. The van der Waals surface area contributed by atoms with Crippen molar-refractivity contribution >= 4 is 16.7 Å². The molecule has 1 saturated carbocycles. The van der Waals surface area contributed by atoms with E-state index in [1.807, 2.05) is 11.9 Å². The first-order valence-electron chi connectivity index (χ1n) is 8.11. The van der Waals surface area contributed by atoms with E-state index in [1.54, 1.807) is 0 Å². The molecule has 0 saturated heterocycles. The normalized spacial score (nSPS) is 16.8. The first-order valence-corrected chi connectivity index (χ1v) is 8.11. The maximum atomic E-state index is 12.6. The van der Waals surface area contributed by atoms with Crippen molar-refractivity contribution in [1.29, 1.82) is 0 Å². The predicted octanol–water partition coefficient (Wildman–Crippen LogP) is 3.11. The second kappa shape index (κ2) is 6.09. The molecule has 2 aromatic rings. The van der Waals surface area contributed by atoms with E-state index in [0.717, 1.165) is 32.1 Å². The summed E-state index contributed by atoms with van der Waals surface area (Å²) in [4.78, 5) is 14.4. The summed E-state index contributed by atoms with van der Waals surface area (Å²) >= 11 is 0. The third-order valence-electron chi connectivity index (χ3n) is 4.86. The van der Waals surface area contributed by atoms with Crippen LogP contribution in [0.1, 0.15) is 31.2 Å². The van der Waals surface area contributed by atoms with Gasteiger partial charge in [-0.1, -0.05) is 55.3 Å². The minimum atomic E-state index is -0.618. The van der Waals surface area contributed by atoms with E-state index in [2.05, 4.69) is 42.5 Å². The Labute approximate surface area is 132 Å². The highest BCUT2D eigenvalue weighted by Gasteiger charge is 2.38. The lowest BCUT2D eigenvalue weighted by Crippen LogP contribution is -2.52. The van der Waals surface area contributed by atoms with Crippen molar-refractivity contribution in [3.05, 3.63) is 48.0 Å². The van der Waals surface area contributed by atoms with Crippen LogP contribution in [-0.2, 0) is 11.2 Å². The highest BCUT2D eigenvalue weighted by Crippen LogP contribution is 2.29. The van der Waals surface area contributed by atoms with Crippen LogP contribution in [0, 0.1) is 0 Å².